The van der Waals surface area contributed by atoms with Gasteiger partial charge in [-0.1, -0.05) is 166 Å². The molecule has 0 unspecified atom stereocenters. The van der Waals surface area contributed by atoms with Crippen molar-refractivity contribution in [1.82, 2.24) is 0 Å². The van der Waals surface area contributed by atoms with Gasteiger partial charge < -0.3 is 4.90 Å². The lowest BCUT2D eigenvalue weighted by atomic mass is 9.67. The van der Waals surface area contributed by atoms with Crippen molar-refractivity contribution in [1.29, 1.82) is 0 Å². The van der Waals surface area contributed by atoms with Crippen molar-refractivity contribution in [2.45, 2.75) is 38.5 Å². The molecule has 0 fully saturated rings. The molecule has 8 aromatic rings. The predicted octanol–water partition coefficient (Wildman–Crippen LogP) is 14.1. The SMILES string of the molecule is Cc1cc(C)cc(N(c2ccc(-c3cccc4c3C(C)(C)c3ccccc3-4)cc2)c2ccc3c(c2)C(c2ccccc2)(c2ccccc2)c2ccccc2-3)c1. The van der Waals surface area contributed by atoms with Crippen molar-refractivity contribution < 1.29 is 0 Å². The van der Waals surface area contributed by atoms with Crippen molar-refractivity contribution >= 4 is 17.1 Å². The molecule has 8 aromatic carbocycles. The maximum absolute atomic E-state index is 2.46. The smallest absolute Gasteiger partial charge is 0.0714 e. The number of fused-ring (bicyclic) bond motifs is 6. The van der Waals surface area contributed by atoms with Crippen molar-refractivity contribution in [3.63, 3.8) is 0 Å². The van der Waals surface area contributed by atoms with Crippen LogP contribution < -0.4 is 4.90 Å². The molecule has 0 saturated carbocycles. The van der Waals surface area contributed by atoms with E-state index in [4.69, 9.17) is 0 Å². The lowest BCUT2D eigenvalue weighted by Gasteiger charge is -2.35. The van der Waals surface area contributed by atoms with Gasteiger partial charge in [-0.25, -0.2) is 0 Å². The van der Waals surface area contributed by atoms with Gasteiger partial charge >= 0.3 is 0 Å². The fourth-order valence-electron chi connectivity index (χ4n) is 9.98. The summed E-state index contributed by atoms with van der Waals surface area (Å²) in [4.78, 5) is 2.45. The van der Waals surface area contributed by atoms with E-state index in [1.807, 2.05) is 0 Å². The van der Waals surface area contributed by atoms with Crippen molar-refractivity contribution in [3.05, 3.63) is 233 Å². The molecule has 0 spiro atoms. The Hall–Kier alpha value is -6.44. The molecule has 1 nitrogen and oxygen atoms in total. The minimum atomic E-state index is -0.472. The summed E-state index contributed by atoms with van der Waals surface area (Å²) in [5.74, 6) is 0. The van der Waals surface area contributed by atoms with Gasteiger partial charge in [0.2, 0.25) is 0 Å². The van der Waals surface area contributed by atoms with Gasteiger partial charge in [0.25, 0.3) is 0 Å². The summed E-state index contributed by atoms with van der Waals surface area (Å²) in [6, 6.07) is 70.1. The van der Waals surface area contributed by atoms with Crippen LogP contribution in [-0.2, 0) is 10.8 Å². The highest BCUT2D eigenvalue weighted by atomic mass is 15.1. The summed E-state index contributed by atoms with van der Waals surface area (Å²) >= 11 is 0. The van der Waals surface area contributed by atoms with Crippen LogP contribution in [0.25, 0.3) is 33.4 Å². The van der Waals surface area contributed by atoms with Gasteiger partial charge in [-0.05, 0) is 128 Å². The van der Waals surface area contributed by atoms with Gasteiger partial charge in [0, 0.05) is 22.5 Å². The predicted molar refractivity (Wildman–Crippen MR) is 231 cm³/mol. The van der Waals surface area contributed by atoms with Crippen LogP contribution in [0.4, 0.5) is 17.1 Å². The van der Waals surface area contributed by atoms with E-state index in [0.717, 1.165) is 17.1 Å². The van der Waals surface area contributed by atoms with Crippen molar-refractivity contribution in [3.8, 4) is 33.4 Å². The van der Waals surface area contributed by atoms with E-state index < -0.39 is 5.41 Å². The Labute approximate surface area is 325 Å². The topological polar surface area (TPSA) is 3.24 Å². The summed E-state index contributed by atoms with van der Waals surface area (Å²) in [5.41, 5.74) is 21.1. The average Bonchev–Trinajstić information content (AvgIpc) is 3.64. The zero-order valence-corrected chi connectivity index (χ0v) is 31.8. The fourth-order valence-corrected chi connectivity index (χ4v) is 9.98. The highest BCUT2D eigenvalue weighted by Gasteiger charge is 2.46. The minimum Gasteiger partial charge on any atom is -0.310 e. The zero-order chi connectivity index (χ0) is 37.3. The summed E-state index contributed by atoms with van der Waals surface area (Å²) in [7, 11) is 0. The Morgan fingerprint density at radius 1 is 0.364 bits per heavy atom. The van der Waals surface area contributed by atoms with Gasteiger partial charge in [-0.15, -0.1) is 0 Å². The Balaban J connectivity index is 1.16. The third kappa shape index (κ3) is 5.00. The van der Waals surface area contributed by atoms with Crippen LogP contribution in [0.2, 0.25) is 0 Å². The van der Waals surface area contributed by atoms with Crippen LogP contribution in [0.15, 0.2) is 188 Å². The molecular formula is C54H43N. The van der Waals surface area contributed by atoms with E-state index in [0.29, 0.717) is 0 Å². The number of rotatable bonds is 6. The van der Waals surface area contributed by atoms with Gasteiger partial charge in [-0.2, -0.15) is 0 Å². The molecule has 0 aromatic heterocycles. The van der Waals surface area contributed by atoms with E-state index in [2.05, 4.69) is 221 Å². The average molecular weight is 706 g/mol. The van der Waals surface area contributed by atoms with Crippen LogP contribution in [0, 0.1) is 13.8 Å². The molecule has 2 aliphatic rings. The lowest BCUT2D eigenvalue weighted by Crippen LogP contribution is -2.28. The molecule has 2 aliphatic carbocycles. The third-order valence-electron chi connectivity index (χ3n) is 12.2. The molecule has 0 bridgehead atoms. The van der Waals surface area contributed by atoms with Crippen LogP contribution in [0.3, 0.4) is 0 Å². The fraction of sp³-hybridized carbons (Fsp3) is 0.111. The number of nitrogens with zero attached hydrogens (tertiary/aromatic N) is 1. The zero-order valence-electron chi connectivity index (χ0n) is 31.8. The molecule has 55 heavy (non-hydrogen) atoms. The van der Waals surface area contributed by atoms with Crippen molar-refractivity contribution in [2.75, 3.05) is 4.90 Å². The standard InChI is InChI=1S/C54H43N/c1-36-32-37(2)34-43(33-36)55(41-28-26-38(27-29-41)44-22-15-23-48-46-21-11-13-24-49(46)53(3,4)52(44)48)42-30-31-47-45-20-12-14-25-50(45)54(51(47)35-42,39-16-7-5-8-17-39)40-18-9-6-10-19-40/h5-35H,1-4H3. The first-order valence-corrected chi connectivity index (χ1v) is 19.4. The maximum Gasteiger partial charge on any atom is 0.0714 e. The molecule has 10 rings (SSSR count). The normalized spacial score (nSPS) is 14.1. The number of benzene rings is 8. The molecule has 264 valence electrons. The Kier molecular flexibility index (Phi) is 7.58. The first-order valence-electron chi connectivity index (χ1n) is 19.4. The second kappa shape index (κ2) is 12.6. The Morgan fingerprint density at radius 3 is 1.53 bits per heavy atom. The quantitative estimate of drug-likeness (QED) is 0.166. The van der Waals surface area contributed by atoms with E-state index in [1.54, 1.807) is 0 Å². The van der Waals surface area contributed by atoms with Gasteiger partial charge in [-0.3, -0.25) is 0 Å². The van der Waals surface area contributed by atoms with Crippen LogP contribution in [-0.4, -0.2) is 0 Å². The van der Waals surface area contributed by atoms with E-state index in [1.165, 1.54) is 77.9 Å². The molecule has 0 amide bonds. The van der Waals surface area contributed by atoms with Crippen LogP contribution >= 0.6 is 0 Å². The molecule has 0 saturated heterocycles. The summed E-state index contributed by atoms with van der Waals surface area (Å²) in [6.07, 6.45) is 0. The number of anilines is 3. The molecule has 0 aliphatic heterocycles. The third-order valence-corrected chi connectivity index (χ3v) is 12.2. The van der Waals surface area contributed by atoms with Gasteiger partial charge in [0.15, 0.2) is 0 Å². The van der Waals surface area contributed by atoms with Gasteiger partial charge in [0.05, 0.1) is 5.41 Å². The van der Waals surface area contributed by atoms with Crippen molar-refractivity contribution in [2.24, 2.45) is 0 Å². The first kappa shape index (κ1) is 33.2. The summed E-state index contributed by atoms with van der Waals surface area (Å²) in [5, 5.41) is 0. The number of aryl methyl sites for hydroxylation is 2. The molecular weight excluding hydrogens is 663 g/mol. The maximum atomic E-state index is 2.46. The monoisotopic (exact) mass is 705 g/mol. The highest BCUT2D eigenvalue weighted by molar-refractivity contribution is 5.91. The second-order valence-electron chi connectivity index (χ2n) is 15.9. The number of hydrogen-bond donors (Lipinski definition) is 0. The molecule has 0 radical (unpaired) electrons. The molecule has 0 N–H and O–H groups in total. The number of hydrogen-bond acceptors (Lipinski definition) is 1. The van der Waals surface area contributed by atoms with Gasteiger partial charge in [0.1, 0.15) is 0 Å². The van der Waals surface area contributed by atoms with Crippen LogP contribution in [0.5, 0.6) is 0 Å². The Bertz CT molecular complexity index is 2680. The van der Waals surface area contributed by atoms with Crippen LogP contribution in [0.1, 0.15) is 58.4 Å². The molecule has 1 heteroatoms. The second-order valence-corrected chi connectivity index (χ2v) is 15.9. The minimum absolute atomic E-state index is 0.0850. The highest BCUT2D eigenvalue weighted by Crippen LogP contribution is 2.57. The lowest BCUT2D eigenvalue weighted by molar-refractivity contribution is 0.662. The van der Waals surface area contributed by atoms with E-state index in [-0.39, 0.29) is 5.41 Å². The Morgan fingerprint density at radius 2 is 0.873 bits per heavy atom. The summed E-state index contributed by atoms with van der Waals surface area (Å²) in [6.45, 7) is 9.13. The molecule has 0 heterocycles. The summed E-state index contributed by atoms with van der Waals surface area (Å²) < 4.78 is 0. The first-order chi connectivity index (χ1) is 26.9. The van der Waals surface area contributed by atoms with E-state index >= 15 is 0 Å². The molecule has 0 atom stereocenters. The van der Waals surface area contributed by atoms with E-state index in [9.17, 15) is 0 Å². The largest absolute Gasteiger partial charge is 0.310 e.